The van der Waals surface area contributed by atoms with Crippen molar-refractivity contribution in [1.29, 1.82) is 0 Å². The molecule has 0 saturated carbocycles. The molecule has 148 valence electrons. The van der Waals surface area contributed by atoms with Crippen LogP contribution in [-0.4, -0.2) is 23.6 Å². The molecule has 0 radical (unpaired) electrons. The molecular weight excluding hydrogens is 346 g/mol. The topological polar surface area (TPSA) is 41.2 Å². The summed E-state index contributed by atoms with van der Waals surface area (Å²) in [5.74, 6) is 1.78. The van der Waals surface area contributed by atoms with Crippen LogP contribution in [0.3, 0.4) is 0 Å². The fourth-order valence-electron chi connectivity index (χ4n) is 3.38. The second kappa shape index (κ2) is 10.5. The molecule has 0 atom stereocenters. The Labute approximate surface area is 168 Å². The zero-order valence-corrected chi connectivity index (χ0v) is 17.0. The molecule has 0 spiro atoms. The lowest BCUT2D eigenvalue weighted by atomic mass is 10.1. The van der Waals surface area contributed by atoms with Crippen LogP contribution in [0.25, 0.3) is 11.3 Å². The highest BCUT2D eigenvalue weighted by Crippen LogP contribution is 2.25. The standard InChI is InChI=1S/C24H31N3O/c1-3-4-5-6-10-16-27(19-20-12-8-7-9-13-20)24-25-18-23(26-24)21-14-11-15-22(17-21)28-2/h7-9,11-15,17-18H,3-6,10,16,19H2,1-2H3,(H,25,26). The van der Waals surface area contributed by atoms with Gasteiger partial charge in [0.15, 0.2) is 0 Å². The molecule has 2 aromatic carbocycles. The Morgan fingerprint density at radius 3 is 2.57 bits per heavy atom. The molecule has 3 aromatic rings. The molecule has 1 aromatic heterocycles. The first-order chi connectivity index (χ1) is 13.8. The number of unbranched alkanes of at least 4 members (excludes halogenated alkanes) is 4. The van der Waals surface area contributed by atoms with Crippen molar-refractivity contribution in [3.05, 3.63) is 66.4 Å². The minimum atomic E-state index is 0.853. The van der Waals surface area contributed by atoms with Gasteiger partial charge in [0.05, 0.1) is 19.0 Å². The molecule has 4 heteroatoms. The fraction of sp³-hybridized carbons (Fsp3) is 0.375. The summed E-state index contributed by atoms with van der Waals surface area (Å²) in [6.07, 6.45) is 8.27. The van der Waals surface area contributed by atoms with Crippen LogP contribution in [0.15, 0.2) is 60.8 Å². The van der Waals surface area contributed by atoms with Crippen LogP contribution < -0.4 is 9.64 Å². The third kappa shape index (κ3) is 5.62. The van der Waals surface area contributed by atoms with Gasteiger partial charge in [-0.25, -0.2) is 4.98 Å². The van der Waals surface area contributed by atoms with Gasteiger partial charge in [-0.3, -0.25) is 0 Å². The minimum absolute atomic E-state index is 0.853. The summed E-state index contributed by atoms with van der Waals surface area (Å²) in [5, 5.41) is 0. The number of rotatable bonds is 11. The van der Waals surface area contributed by atoms with E-state index in [1.807, 2.05) is 24.4 Å². The first kappa shape index (κ1) is 20.0. The maximum atomic E-state index is 5.35. The molecule has 0 amide bonds. The number of aromatic amines is 1. The van der Waals surface area contributed by atoms with Crippen molar-refractivity contribution in [3.63, 3.8) is 0 Å². The van der Waals surface area contributed by atoms with Gasteiger partial charge in [0.2, 0.25) is 5.95 Å². The Bertz CT molecular complexity index is 829. The fourth-order valence-corrected chi connectivity index (χ4v) is 3.38. The van der Waals surface area contributed by atoms with Crippen molar-refractivity contribution in [2.75, 3.05) is 18.6 Å². The van der Waals surface area contributed by atoms with Crippen LogP contribution in [-0.2, 0) is 6.54 Å². The van der Waals surface area contributed by atoms with Crippen LogP contribution in [0.4, 0.5) is 5.95 Å². The maximum absolute atomic E-state index is 5.35. The van der Waals surface area contributed by atoms with Crippen LogP contribution >= 0.6 is 0 Å². The molecule has 4 nitrogen and oxygen atoms in total. The van der Waals surface area contributed by atoms with E-state index in [9.17, 15) is 0 Å². The van der Waals surface area contributed by atoms with Gasteiger partial charge in [-0.1, -0.05) is 75.1 Å². The molecule has 0 unspecified atom stereocenters. The average Bonchev–Trinajstić information content (AvgIpc) is 3.24. The largest absolute Gasteiger partial charge is 0.497 e. The average molecular weight is 378 g/mol. The summed E-state index contributed by atoms with van der Waals surface area (Å²) >= 11 is 0. The molecule has 0 bridgehead atoms. The van der Waals surface area contributed by atoms with Crippen molar-refractivity contribution in [1.82, 2.24) is 9.97 Å². The Morgan fingerprint density at radius 2 is 1.79 bits per heavy atom. The lowest BCUT2D eigenvalue weighted by Crippen LogP contribution is -2.25. The van der Waals surface area contributed by atoms with Crippen molar-refractivity contribution < 1.29 is 4.74 Å². The highest BCUT2D eigenvalue weighted by atomic mass is 16.5. The van der Waals surface area contributed by atoms with Gasteiger partial charge in [-0.05, 0) is 24.1 Å². The summed E-state index contributed by atoms with van der Waals surface area (Å²) in [6.45, 7) is 4.12. The normalized spacial score (nSPS) is 10.8. The number of methoxy groups -OCH3 is 1. The van der Waals surface area contributed by atoms with E-state index >= 15 is 0 Å². The summed E-state index contributed by atoms with van der Waals surface area (Å²) < 4.78 is 5.35. The predicted molar refractivity (Wildman–Crippen MR) is 117 cm³/mol. The molecule has 0 aliphatic carbocycles. The third-order valence-electron chi connectivity index (χ3n) is 4.99. The molecule has 1 N–H and O–H groups in total. The number of ether oxygens (including phenoxy) is 1. The van der Waals surface area contributed by atoms with Crippen molar-refractivity contribution in [2.24, 2.45) is 0 Å². The molecule has 28 heavy (non-hydrogen) atoms. The number of hydrogen-bond donors (Lipinski definition) is 1. The van der Waals surface area contributed by atoms with Crippen molar-refractivity contribution in [3.8, 4) is 17.0 Å². The summed E-state index contributed by atoms with van der Waals surface area (Å²) in [4.78, 5) is 10.6. The number of nitrogens with one attached hydrogen (secondary N) is 1. The SMILES string of the molecule is CCCCCCCN(Cc1ccccc1)c1ncc(-c2cccc(OC)c2)[nH]1. The summed E-state index contributed by atoms with van der Waals surface area (Å²) in [5.41, 5.74) is 3.40. The number of imidazole rings is 1. The van der Waals surface area contributed by atoms with Crippen LogP contribution in [0.1, 0.15) is 44.6 Å². The number of nitrogens with zero attached hydrogens (tertiary/aromatic N) is 2. The van der Waals surface area contributed by atoms with Gasteiger partial charge in [0, 0.05) is 18.7 Å². The third-order valence-corrected chi connectivity index (χ3v) is 4.99. The van der Waals surface area contributed by atoms with E-state index < -0.39 is 0 Å². The summed E-state index contributed by atoms with van der Waals surface area (Å²) in [6, 6.07) is 18.7. The van der Waals surface area contributed by atoms with Gasteiger partial charge in [0.1, 0.15) is 5.75 Å². The van der Waals surface area contributed by atoms with Crippen LogP contribution in [0.2, 0.25) is 0 Å². The van der Waals surface area contributed by atoms with Crippen LogP contribution in [0.5, 0.6) is 5.75 Å². The van der Waals surface area contributed by atoms with Crippen molar-refractivity contribution >= 4 is 5.95 Å². The van der Waals surface area contributed by atoms with Gasteiger partial charge < -0.3 is 14.6 Å². The van der Waals surface area contributed by atoms with Gasteiger partial charge in [-0.15, -0.1) is 0 Å². The van der Waals surface area contributed by atoms with E-state index in [4.69, 9.17) is 4.74 Å². The predicted octanol–water partition coefficient (Wildman–Crippen LogP) is 6.06. The van der Waals surface area contributed by atoms with E-state index in [2.05, 4.69) is 58.2 Å². The number of hydrogen-bond acceptors (Lipinski definition) is 3. The van der Waals surface area contributed by atoms with Crippen molar-refractivity contribution in [2.45, 2.75) is 45.6 Å². The monoisotopic (exact) mass is 377 g/mol. The quantitative estimate of drug-likeness (QED) is 0.413. The summed E-state index contributed by atoms with van der Waals surface area (Å²) in [7, 11) is 1.69. The van der Waals surface area contributed by atoms with Gasteiger partial charge in [-0.2, -0.15) is 0 Å². The number of H-pyrrole nitrogens is 1. The molecule has 0 saturated heterocycles. The second-order valence-corrected chi connectivity index (χ2v) is 7.17. The molecule has 0 fully saturated rings. The zero-order valence-electron chi connectivity index (χ0n) is 17.0. The Morgan fingerprint density at radius 1 is 0.964 bits per heavy atom. The van der Waals surface area contributed by atoms with E-state index in [-0.39, 0.29) is 0 Å². The van der Waals surface area contributed by atoms with E-state index in [1.54, 1.807) is 7.11 Å². The Balaban J connectivity index is 1.74. The van der Waals surface area contributed by atoms with Gasteiger partial charge in [0.25, 0.3) is 0 Å². The molecule has 1 heterocycles. The number of benzene rings is 2. The first-order valence-corrected chi connectivity index (χ1v) is 10.3. The van der Waals surface area contributed by atoms with E-state index in [1.165, 1.54) is 37.7 Å². The maximum Gasteiger partial charge on any atom is 0.203 e. The minimum Gasteiger partial charge on any atom is -0.497 e. The number of aromatic nitrogens is 2. The Kier molecular flexibility index (Phi) is 7.53. The molecular formula is C24H31N3O. The van der Waals surface area contributed by atoms with Gasteiger partial charge >= 0.3 is 0 Å². The number of anilines is 1. The second-order valence-electron chi connectivity index (χ2n) is 7.17. The van der Waals surface area contributed by atoms with E-state index in [0.717, 1.165) is 36.0 Å². The molecule has 0 aliphatic rings. The van der Waals surface area contributed by atoms with E-state index in [0.29, 0.717) is 0 Å². The Hall–Kier alpha value is -2.75. The highest BCUT2D eigenvalue weighted by Gasteiger charge is 2.12. The highest BCUT2D eigenvalue weighted by molar-refractivity contribution is 5.62. The molecule has 0 aliphatic heterocycles. The lowest BCUT2D eigenvalue weighted by molar-refractivity contribution is 0.415. The molecule has 3 rings (SSSR count). The first-order valence-electron chi connectivity index (χ1n) is 10.3. The lowest BCUT2D eigenvalue weighted by Gasteiger charge is -2.22. The smallest absolute Gasteiger partial charge is 0.203 e. The zero-order chi connectivity index (χ0) is 19.6. The van der Waals surface area contributed by atoms with Crippen LogP contribution in [0, 0.1) is 0 Å².